The summed E-state index contributed by atoms with van der Waals surface area (Å²) in [6, 6.07) is 0. The molecule has 1 saturated heterocycles. The molecule has 0 aliphatic carbocycles. The zero-order valence-electron chi connectivity index (χ0n) is 9.14. The van der Waals surface area contributed by atoms with Gasteiger partial charge in [-0.2, -0.15) is 5.10 Å². The third kappa shape index (κ3) is 2.09. The Kier molecular flexibility index (Phi) is 2.86. The van der Waals surface area contributed by atoms with Crippen molar-refractivity contribution in [3.8, 4) is 0 Å². The van der Waals surface area contributed by atoms with Gasteiger partial charge in [0, 0.05) is 18.7 Å². The van der Waals surface area contributed by atoms with Gasteiger partial charge in [0.05, 0.1) is 24.5 Å². The molecule has 4 nitrogen and oxygen atoms in total. The largest absolute Gasteiger partial charge is 0.378 e. The van der Waals surface area contributed by atoms with Crippen LogP contribution < -0.4 is 0 Å². The zero-order valence-corrected chi connectivity index (χ0v) is 9.14. The molecular formula is C11H16N2O2. The van der Waals surface area contributed by atoms with Gasteiger partial charge in [-0.25, -0.2) is 0 Å². The highest BCUT2D eigenvalue weighted by Gasteiger charge is 2.29. The van der Waals surface area contributed by atoms with Gasteiger partial charge in [-0.05, 0) is 20.3 Å². The average molecular weight is 208 g/mol. The number of hydrogen-bond acceptors (Lipinski definition) is 3. The minimum atomic E-state index is 0.0227. The van der Waals surface area contributed by atoms with Crippen molar-refractivity contribution in [2.75, 3.05) is 6.61 Å². The molecule has 0 bridgehead atoms. The van der Waals surface area contributed by atoms with E-state index in [0.29, 0.717) is 12.2 Å². The third-order valence-electron chi connectivity index (χ3n) is 2.81. The van der Waals surface area contributed by atoms with E-state index in [9.17, 15) is 4.79 Å². The van der Waals surface area contributed by atoms with E-state index >= 15 is 0 Å². The van der Waals surface area contributed by atoms with E-state index in [1.54, 1.807) is 10.9 Å². The van der Waals surface area contributed by atoms with Gasteiger partial charge in [-0.3, -0.25) is 9.48 Å². The minimum absolute atomic E-state index is 0.0227. The van der Waals surface area contributed by atoms with Crippen LogP contribution in [0.15, 0.2) is 12.4 Å². The van der Waals surface area contributed by atoms with E-state index < -0.39 is 0 Å². The van der Waals surface area contributed by atoms with Crippen molar-refractivity contribution in [3.05, 3.63) is 18.0 Å². The smallest absolute Gasteiger partial charge is 0.171 e. The molecule has 0 aromatic carbocycles. The summed E-state index contributed by atoms with van der Waals surface area (Å²) in [6.07, 6.45) is 4.50. The SMILES string of the molecule is CCn1cc(C(=O)C2COC(C)C2)cn1. The van der Waals surface area contributed by atoms with Crippen molar-refractivity contribution in [1.29, 1.82) is 0 Å². The monoisotopic (exact) mass is 208 g/mol. The Labute approximate surface area is 89.2 Å². The molecule has 2 atom stereocenters. The first-order valence-corrected chi connectivity index (χ1v) is 5.39. The first-order chi connectivity index (χ1) is 7.20. The summed E-state index contributed by atoms with van der Waals surface area (Å²) in [4.78, 5) is 12.0. The van der Waals surface area contributed by atoms with Crippen LogP contribution in [-0.4, -0.2) is 28.3 Å². The fourth-order valence-electron chi connectivity index (χ4n) is 1.90. The number of rotatable bonds is 3. The van der Waals surface area contributed by atoms with E-state index in [1.807, 2.05) is 20.0 Å². The minimum Gasteiger partial charge on any atom is -0.378 e. The molecule has 1 aliphatic rings. The van der Waals surface area contributed by atoms with Crippen LogP contribution in [-0.2, 0) is 11.3 Å². The van der Waals surface area contributed by atoms with Crippen molar-refractivity contribution in [3.63, 3.8) is 0 Å². The summed E-state index contributed by atoms with van der Waals surface area (Å²) in [6.45, 7) is 5.35. The number of aromatic nitrogens is 2. The first-order valence-electron chi connectivity index (χ1n) is 5.39. The zero-order chi connectivity index (χ0) is 10.8. The van der Waals surface area contributed by atoms with Crippen molar-refractivity contribution < 1.29 is 9.53 Å². The van der Waals surface area contributed by atoms with E-state index in [1.165, 1.54) is 0 Å². The van der Waals surface area contributed by atoms with Crippen LogP contribution in [0.5, 0.6) is 0 Å². The number of carbonyl (C=O) groups excluding carboxylic acids is 1. The highest BCUT2D eigenvalue weighted by molar-refractivity contribution is 5.97. The molecule has 1 aromatic rings. The maximum Gasteiger partial charge on any atom is 0.171 e. The number of ketones is 1. The quantitative estimate of drug-likeness (QED) is 0.707. The molecule has 1 aromatic heterocycles. The fraction of sp³-hybridized carbons (Fsp3) is 0.636. The summed E-state index contributed by atoms with van der Waals surface area (Å²) < 4.78 is 7.16. The van der Waals surface area contributed by atoms with Crippen molar-refractivity contribution in [1.82, 2.24) is 9.78 Å². The third-order valence-corrected chi connectivity index (χ3v) is 2.81. The first kappa shape index (κ1) is 10.4. The highest BCUT2D eigenvalue weighted by Crippen LogP contribution is 2.22. The number of nitrogens with zero attached hydrogens (tertiary/aromatic N) is 2. The van der Waals surface area contributed by atoms with Gasteiger partial charge < -0.3 is 4.74 Å². The van der Waals surface area contributed by atoms with E-state index in [-0.39, 0.29) is 17.8 Å². The van der Waals surface area contributed by atoms with Gasteiger partial charge in [0.2, 0.25) is 0 Å². The van der Waals surface area contributed by atoms with E-state index in [0.717, 1.165) is 13.0 Å². The maximum atomic E-state index is 12.0. The lowest BCUT2D eigenvalue weighted by Crippen LogP contribution is -2.14. The average Bonchev–Trinajstić information content (AvgIpc) is 2.84. The number of Topliss-reactive ketones (excluding diaryl/α,β-unsaturated/α-hetero) is 1. The molecule has 0 spiro atoms. The van der Waals surface area contributed by atoms with Gasteiger partial charge in [0.15, 0.2) is 5.78 Å². The lowest BCUT2D eigenvalue weighted by Gasteiger charge is -2.03. The molecule has 1 aliphatic heterocycles. The summed E-state index contributed by atoms with van der Waals surface area (Å²) in [5, 5.41) is 4.10. The van der Waals surface area contributed by atoms with Crippen molar-refractivity contribution >= 4 is 5.78 Å². The Hall–Kier alpha value is -1.16. The molecule has 2 unspecified atom stereocenters. The Morgan fingerprint density at radius 3 is 3.07 bits per heavy atom. The fourth-order valence-corrected chi connectivity index (χ4v) is 1.90. The van der Waals surface area contributed by atoms with Crippen molar-refractivity contribution in [2.24, 2.45) is 5.92 Å². The second-order valence-electron chi connectivity index (χ2n) is 4.03. The molecular weight excluding hydrogens is 192 g/mol. The Morgan fingerprint density at radius 1 is 1.73 bits per heavy atom. The Balaban J connectivity index is 2.07. The van der Waals surface area contributed by atoms with Gasteiger partial charge in [0.1, 0.15) is 0 Å². The summed E-state index contributed by atoms with van der Waals surface area (Å²) in [5.41, 5.74) is 0.708. The molecule has 0 N–H and O–H groups in total. The molecule has 15 heavy (non-hydrogen) atoms. The maximum absolute atomic E-state index is 12.0. The van der Waals surface area contributed by atoms with Crippen LogP contribution >= 0.6 is 0 Å². The van der Waals surface area contributed by atoms with Crippen LogP contribution in [0.3, 0.4) is 0 Å². The highest BCUT2D eigenvalue weighted by atomic mass is 16.5. The normalized spacial score (nSPS) is 25.7. The van der Waals surface area contributed by atoms with Crippen LogP contribution in [0.1, 0.15) is 30.6 Å². The van der Waals surface area contributed by atoms with Crippen LogP contribution in [0, 0.1) is 5.92 Å². The van der Waals surface area contributed by atoms with Crippen LogP contribution in [0.4, 0.5) is 0 Å². The molecule has 82 valence electrons. The lowest BCUT2D eigenvalue weighted by atomic mass is 9.97. The molecule has 0 amide bonds. The number of hydrogen-bond donors (Lipinski definition) is 0. The second kappa shape index (κ2) is 4.14. The predicted molar refractivity (Wildman–Crippen MR) is 55.8 cm³/mol. The number of carbonyl (C=O) groups is 1. The summed E-state index contributed by atoms with van der Waals surface area (Å²) in [5.74, 6) is 0.188. The second-order valence-corrected chi connectivity index (χ2v) is 4.03. The van der Waals surface area contributed by atoms with E-state index in [2.05, 4.69) is 5.10 Å². The Bertz CT molecular complexity index is 359. The molecule has 2 rings (SSSR count). The van der Waals surface area contributed by atoms with Crippen molar-refractivity contribution in [2.45, 2.75) is 32.9 Å². The summed E-state index contributed by atoms with van der Waals surface area (Å²) in [7, 11) is 0. The molecule has 2 heterocycles. The Morgan fingerprint density at radius 2 is 2.53 bits per heavy atom. The van der Waals surface area contributed by atoms with Gasteiger partial charge in [-0.1, -0.05) is 0 Å². The topological polar surface area (TPSA) is 44.1 Å². The summed E-state index contributed by atoms with van der Waals surface area (Å²) >= 11 is 0. The number of aryl methyl sites for hydroxylation is 1. The predicted octanol–water partition coefficient (Wildman–Crippen LogP) is 1.51. The van der Waals surface area contributed by atoms with Gasteiger partial charge in [0.25, 0.3) is 0 Å². The lowest BCUT2D eigenvalue weighted by molar-refractivity contribution is 0.0877. The van der Waals surface area contributed by atoms with E-state index in [4.69, 9.17) is 4.74 Å². The number of ether oxygens (including phenoxy) is 1. The van der Waals surface area contributed by atoms with Gasteiger partial charge in [-0.15, -0.1) is 0 Å². The van der Waals surface area contributed by atoms with Crippen LogP contribution in [0.2, 0.25) is 0 Å². The van der Waals surface area contributed by atoms with Crippen LogP contribution in [0.25, 0.3) is 0 Å². The molecule has 4 heteroatoms. The van der Waals surface area contributed by atoms with Gasteiger partial charge >= 0.3 is 0 Å². The molecule has 0 radical (unpaired) electrons. The standard InChI is InChI=1S/C11H16N2O2/c1-3-13-6-10(5-12-13)11(14)9-4-8(2)15-7-9/h5-6,8-9H,3-4,7H2,1-2H3. The molecule has 0 saturated carbocycles. The molecule has 1 fully saturated rings.